The van der Waals surface area contributed by atoms with Gasteiger partial charge in [-0.1, -0.05) is 31.5 Å². The van der Waals surface area contributed by atoms with Crippen LogP contribution in [-0.4, -0.2) is 37.9 Å². The van der Waals surface area contributed by atoms with E-state index in [0.29, 0.717) is 26.1 Å². The molecular formula is C13H24N2O3S2. The van der Waals surface area contributed by atoms with Gasteiger partial charge in [0.05, 0.1) is 16.3 Å². The van der Waals surface area contributed by atoms with Gasteiger partial charge in [0.1, 0.15) is 0 Å². The van der Waals surface area contributed by atoms with E-state index >= 15 is 0 Å². The molecule has 1 heterocycles. The van der Waals surface area contributed by atoms with Crippen LogP contribution in [0.15, 0.2) is 0 Å². The molecule has 116 valence electrons. The van der Waals surface area contributed by atoms with E-state index in [1.165, 1.54) is 6.42 Å². The molecule has 0 spiro atoms. The van der Waals surface area contributed by atoms with Crippen molar-refractivity contribution in [1.82, 2.24) is 4.72 Å². The van der Waals surface area contributed by atoms with E-state index in [0.717, 1.165) is 25.7 Å². The Balaban J connectivity index is 2.04. The highest BCUT2D eigenvalue weighted by Gasteiger charge is 2.34. The van der Waals surface area contributed by atoms with Gasteiger partial charge >= 0.3 is 0 Å². The number of ether oxygens (including phenoxy) is 1. The number of nitrogens with one attached hydrogen (secondary N) is 1. The fourth-order valence-corrected chi connectivity index (χ4v) is 5.12. The standard InChI is InChI=1S/C13H24N2O3S2/c14-13(19)12(10-4-2-1-3-5-10)15-20(16,17)11-6-8-18-9-7-11/h10-12,15H,1-9H2,(H2,14,19). The van der Waals surface area contributed by atoms with E-state index in [4.69, 9.17) is 22.7 Å². The molecule has 2 rings (SSSR count). The molecule has 0 radical (unpaired) electrons. The molecule has 2 aliphatic rings. The molecule has 0 aromatic carbocycles. The molecular weight excluding hydrogens is 296 g/mol. The quantitative estimate of drug-likeness (QED) is 0.747. The summed E-state index contributed by atoms with van der Waals surface area (Å²) in [6.45, 7) is 1.01. The zero-order valence-corrected chi connectivity index (χ0v) is 13.3. The van der Waals surface area contributed by atoms with Crippen molar-refractivity contribution >= 4 is 27.2 Å². The predicted molar refractivity (Wildman–Crippen MR) is 83.0 cm³/mol. The second kappa shape index (κ2) is 7.15. The zero-order chi connectivity index (χ0) is 14.6. The maximum absolute atomic E-state index is 12.5. The summed E-state index contributed by atoms with van der Waals surface area (Å²) in [6, 6.07) is -0.391. The maximum Gasteiger partial charge on any atom is 0.215 e. The van der Waals surface area contributed by atoms with Crippen LogP contribution >= 0.6 is 12.2 Å². The van der Waals surface area contributed by atoms with E-state index in [-0.39, 0.29) is 16.2 Å². The van der Waals surface area contributed by atoms with Gasteiger partial charge in [0, 0.05) is 13.2 Å². The number of thiocarbonyl (C=S) groups is 1. The van der Waals surface area contributed by atoms with Gasteiger partial charge in [-0.15, -0.1) is 0 Å². The Morgan fingerprint density at radius 1 is 1.15 bits per heavy atom. The third-order valence-electron chi connectivity index (χ3n) is 4.33. The summed E-state index contributed by atoms with van der Waals surface area (Å²) >= 11 is 5.09. The van der Waals surface area contributed by atoms with Crippen LogP contribution in [0.2, 0.25) is 0 Å². The van der Waals surface area contributed by atoms with Crippen LogP contribution < -0.4 is 10.5 Å². The van der Waals surface area contributed by atoms with E-state index in [1.807, 2.05) is 0 Å². The van der Waals surface area contributed by atoms with E-state index in [2.05, 4.69) is 4.72 Å². The largest absolute Gasteiger partial charge is 0.392 e. The summed E-state index contributed by atoms with van der Waals surface area (Å²) in [5, 5.41) is -0.378. The average molecular weight is 320 g/mol. The molecule has 0 amide bonds. The summed E-state index contributed by atoms with van der Waals surface area (Å²) in [7, 11) is -3.37. The third-order valence-corrected chi connectivity index (χ3v) is 6.51. The van der Waals surface area contributed by atoms with Crippen molar-refractivity contribution in [2.75, 3.05) is 13.2 Å². The normalized spacial score (nSPS) is 24.4. The second-order valence-electron chi connectivity index (χ2n) is 5.75. The number of sulfonamides is 1. The molecule has 1 unspecified atom stereocenters. The molecule has 2 fully saturated rings. The average Bonchev–Trinajstić information content (AvgIpc) is 2.46. The van der Waals surface area contributed by atoms with Crippen molar-refractivity contribution in [3.63, 3.8) is 0 Å². The fourth-order valence-electron chi connectivity index (χ4n) is 3.11. The highest BCUT2D eigenvalue weighted by Crippen LogP contribution is 2.27. The molecule has 0 aromatic heterocycles. The Hall–Kier alpha value is -0.240. The summed E-state index contributed by atoms with van der Waals surface area (Å²) in [4.78, 5) is 0.271. The van der Waals surface area contributed by atoms with Crippen molar-refractivity contribution in [2.24, 2.45) is 11.7 Å². The molecule has 0 bridgehead atoms. The molecule has 0 aromatic rings. The second-order valence-corrected chi connectivity index (χ2v) is 8.22. The van der Waals surface area contributed by atoms with Crippen LogP contribution in [0.3, 0.4) is 0 Å². The molecule has 1 saturated heterocycles. The fraction of sp³-hybridized carbons (Fsp3) is 0.923. The molecule has 1 saturated carbocycles. The minimum absolute atomic E-state index is 0.246. The van der Waals surface area contributed by atoms with Crippen LogP contribution in [0.5, 0.6) is 0 Å². The Bertz CT molecular complexity index is 427. The molecule has 1 atom stereocenters. The number of nitrogens with two attached hydrogens (primary N) is 1. The minimum atomic E-state index is -3.37. The maximum atomic E-state index is 12.5. The van der Waals surface area contributed by atoms with Crippen molar-refractivity contribution in [2.45, 2.75) is 56.2 Å². The Morgan fingerprint density at radius 3 is 2.30 bits per heavy atom. The molecule has 7 heteroatoms. The van der Waals surface area contributed by atoms with Crippen LogP contribution in [0.1, 0.15) is 44.9 Å². The first-order chi connectivity index (χ1) is 9.50. The van der Waals surface area contributed by atoms with Gasteiger partial charge in [0.15, 0.2) is 0 Å². The first kappa shape index (κ1) is 16.1. The first-order valence-corrected chi connectivity index (χ1v) is 9.34. The molecule has 1 aliphatic carbocycles. The third kappa shape index (κ3) is 4.13. The summed E-state index contributed by atoms with van der Waals surface area (Å²) in [5.41, 5.74) is 5.78. The lowest BCUT2D eigenvalue weighted by Gasteiger charge is -2.32. The van der Waals surface area contributed by atoms with Crippen LogP contribution in [0, 0.1) is 5.92 Å². The van der Waals surface area contributed by atoms with E-state index in [9.17, 15) is 8.42 Å². The van der Waals surface area contributed by atoms with Gasteiger partial charge in [-0.3, -0.25) is 0 Å². The van der Waals surface area contributed by atoms with Crippen molar-refractivity contribution in [1.29, 1.82) is 0 Å². The highest BCUT2D eigenvalue weighted by atomic mass is 32.2. The Morgan fingerprint density at radius 2 is 1.75 bits per heavy atom. The molecule has 3 N–H and O–H groups in total. The van der Waals surface area contributed by atoms with Gasteiger partial charge < -0.3 is 10.5 Å². The topological polar surface area (TPSA) is 81.4 Å². The van der Waals surface area contributed by atoms with Gasteiger partial charge in [-0.2, -0.15) is 0 Å². The van der Waals surface area contributed by atoms with Crippen LogP contribution in [0.4, 0.5) is 0 Å². The highest BCUT2D eigenvalue weighted by molar-refractivity contribution is 7.90. The van der Waals surface area contributed by atoms with Gasteiger partial charge in [-0.05, 0) is 31.6 Å². The van der Waals surface area contributed by atoms with Gasteiger partial charge in [0.25, 0.3) is 0 Å². The Kier molecular flexibility index (Phi) is 5.77. The van der Waals surface area contributed by atoms with Crippen molar-refractivity contribution in [3.05, 3.63) is 0 Å². The van der Waals surface area contributed by atoms with Crippen LogP contribution in [-0.2, 0) is 14.8 Å². The molecule has 5 nitrogen and oxygen atoms in total. The lowest BCUT2D eigenvalue weighted by Crippen LogP contribution is -2.51. The summed E-state index contributed by atoms with van der Waals surface area (Å²) < 4.78 is 32.9. The predicted octanol–water partition coefficient (Wildman–Crippen LogP) is 1.32. The first-order valence-electron chi connectivity index (χ1n) is 7.39. The number of hydrogen-bond donors (Lipinski definition) is 2. The minimum Gasteiger partial charge on any atom is -0.392 e. The number of rotatable bonds is 5. The molecule has 20 heavy (non-hydrogen) atoms. The van der Waals surface area contributed by atoms with Crippen molar-refractivity contribution < 1.29 is 13.2 Å². The summed E-state index contributed by atoms with van der Waals surface area (Å²) in [6.07, 6.45) is 6.56. The molecule has 1 aliphatic heterocycles. The monoisotopic (exact) mass is 320 g/mol. The van der Waals surface area contributed by atoms with Crippen LogP contribution in [0.25, 0.3) is 0 Å². The van der Waals surface area contributed by atoms with E-state index < -0.39 is 16.1 Å². The smallest absolute Gasteiger partial charge is 0.215 e. The van der Waals surface area contributed by atoms with Gasteiger partial charge in [-0.25, -0.2) is 13.1 Å². The summed E-state index contributed by atoms with van der Waals surface area (Å²) in [5.74, 6) is 0.246. The SMILES string of the molecule is NC(=S)C(NS(=O)(=O)C1CCOCC1)C1CCCCC1. The lowest BCUT2D eigenvalue weighted by molar-refractivity contribution is 0.0980. The van der Waals surface area contributed by atoms with E-state index in [1.54, 1.807) is 0 Å². The van der Waals surface area contributed by atoms with Gasteiger partial charge in [0.2, 0.25) is 10.0 Å². The Labute approximate surface area is 126 Å². The lowest BCUT2D eigenvalue weighted by atomic mass is 9.84. The van der Waals surface area contributed by atoms with Crippen molar-refractivity contribution in [3.8, 4) is 0 Å². The number of hydrogen-bond acceptors (Lipinski definition) is 4. The zero-order valence-electron chi connectivity index (χ0n) is 11.7.